The van der Waals surface area contributed by atoms with E-state index in [1.54, 1.807) is 0 Å². The molecule has 2 N–H and O–H groups in total. The van der Waals surface area contributed by atoms with Crippen LogP contribution in [0.3, 0.4) is 0 Å². The number of hydrogen-bond donors (Lipinski definition) is 2. The molecule has 0 spiro atoms. The molecule has 0 bridgehead atoms. The van der Waals surface area contributed by atoms with Crippen LogP contribution >= 0.6 is 0 Å². The number of benzene rings is 2. The third kappa shape index (κ3) is 10.1. The van der Waals surface area contributed by atoms with Crippen molar-refractivity contribution in [3.63, 3.8) is 0 Å². The van der Waals surface area contributed by atoms with Gasteiger partial charge in [0, 0.05) is 0 Å². The fourth-order valence-corrected chi connectivity index (χ4v) is 9.87. The van der Waals surface area contributed by atoms with Crippen molar-refractivity contribution in [3.8, 4) is 0 Å². The van der Waals surface area contributed by atoms with Crippen molar-refractivity contribution in [2.75, 3.05) is 14.2 Å². The van der Waals surface area contributed by atoms with E-state index in [1.807, 2.05) is 60.7 Å². The van der Waals surface area contributed by atoms with E-state index in [-0.39, 0.29) is 50.9 Å². The molecule has 0 aliphatic rings. The van der Waals surface area contributed by atoms with Crippen LogP contribution in [-0.2, 0) is 41.5 Å². The average molecular weight is 598 g/mol. The third-order valence-corrected chi connectivity index (χ3v) is 11.7. The van der Waals surface area contributed by atoms with Gasteiger partial charge in [0.05, 0.1) is 0 Å². The molecule has 0 radical (unpaired) electrons. The maximum atomic E-state index is 12.4. The first-order valence-corrected chi connectivity index (χ1v) is 17.2. The topological polar surface area (TPSA) is 111 Å². The molecule has 0 aliphatic carbocycles. The van der Waals surface area contributed by atoms with Gasteiger partial charge in [0.25, 0.3) is 0 Å². The second-order valence-corrected chi connectivity index (χ2v) is 14.7. The first-order chi connectivity index (χ1) is 16.4. The molecule has 0 saturated heterocycles. The Bertz CT molecular complexity index is 865. The van der Waals surface area contributed by atoms with Crippen molar-refractivity contribution in [2.24, 2.45) is 0 Å². The molecule has 0 aromatic heterocycles. The summed E-state index contributed by atoms with van der Waals surface area (Å²) >= 11 is -0.0510. The molecule has 2 rings (SSSR count). The molecule has 2 atom stereocenters. The Morgan fingerprint density at radius 3 is 1.35 bits per heavy atom. The second kappa shape index (κ2) is 15.3. The van der Waals surface area contributed by atoms with Gasteiger partial charge < -0.3 is 0 Å². The summed E-state index contributed by atoms with van der Waals surface area (Å²) in [6, 6.07) is 17.0. The number of ether oxygens (including phenoxy) is 2. The van der Waals surface area contributed by atoms with Crippen LogP contribution in [0.2, 0.25) is 10.6 Å². The van der Waals surface area contributed by atoms with E-state index in [9.17, 15) is 19.2 Å². The van der Waals surface area contributed by atoms with Crippen LogP contribution in [0.25, 0.3) is 0 Å². The molecule has 182 valence electrons. The van der Waals surface area contributed by atoms with Gasteiger partial charge in [0.15, 0.2) is 0 Å². The Balaban J connectivity index is 1.84. The van der Waals surface area contributed by atoms with Crippen molar-refractivity contribution < 1.29 is 28.7 Å². The quantitative estimate of drug-likeness (QED) is 0.202. The SMILES string of the molecule is COC(=O)[C@H](C[Se][Se]C[C@H](NC(=O)Cc1ccccc1)C(=O)OC)NC(=O)Cc1ccccc1. The summed E-state index contributed by atoms with van der Waals surface area (Å²) in [4.78, 5) is 49.0. The summed E-state index contributed by atoms with van der Waals surface area (Å²) < 4.78 is 9.68. The minimum atomic E-state index is -0.743. The van der Waals surface area contributed by atoms with Gasteiger partial charge in [-0.3, -0.25) is 0 Å². The summed E-state index contributed by atoms with van der Waals surface area (Å²) in [6.45, 7) is 0. The zero-order valence-corrected chi connectivity index (χ0v) is 22.4. The molecule has 34 heavy (non-hydrogen) atoms. The Hall–Kier alpha value is -2.64. The van der Waals surface area contributed by atoms with Crippen LogP contribution in [-0.4, -0.2) is 76.3 Å². The van der Waals surface area contributed by atoms with Crippen molar-refractivity contribution in [2.45, 2.75) is 35.6 Å². The maximum absolute atomic E-state index is 12.4. The normalized spacial score (nSPS) is 12.2. The first kappa shape index (κ1) is 27.6. The second-order valence-electron chi connectivity index (χ2n) is 7.18. The van der Waals surface area contributed by atoms with E-state index in [1.165, 1.54) is 14.2 Å². The van der Waals surface area contributed by atoms with Crippen molar-refractivity contribution in [1.29, 1.82) is 0 Å². The number of esters is 2. The molecule has 0 saturated carbocycles. The molecule has 2 aromatic rings. The third-order valence-electron chi connectivity index (χ3n) is 4.61. The predicted molar refractivity (Wildman–Crippen MR) is 129 cm³/mol. The fraction of sp³-hybridized carbons (Fsp3) is 0.333. The Morgan fingerprint density at radius 1 is 0.676 bits per heavy atom. The molecule has 2 aromatic carbocycles. The monoisotopic (exact) mass is 600 g/mol. The van der Waals surface area contributed by atoms with Gasteiger partial charge in [0.1, 0.15) is 0 Å². The molecule has 0 unspecified atom stereocenters. The van der Waals surface area contributed by atoms with Crippen molar-refractivity contribution in [1.82, 2.24) is 10.6 Å². The van der Waals surface area contributed by atoms with Gasteiger partial charge in [0.2, 0.25) is 0 Å². The van der Waals surface area contributed by atoms with Crippen LogP contribution in [0.4, 0.5) is 0 Å². The minimum absolute atomic E-state index is 0.0255. The van der Waals surface area contributed by atoms with Gasteiger partial charge in [-0.25, -0.2) is 0 Å². The Labute approximate surface area is 210 Å². The molecule has 0 heterocycles. The summed E-state index contributed by atoms with van der Waals surface area (Å²) in [5.41, 5.74) is 1.70. The summed E-state index contributed by atoms with van der Waals surface area (Å²) in [7, 11) is 2.57. The molecule has 2 amide bonds. The van der Waals surface area contributed by atoms with E-state index in [0.717, 1.165) is 11.1 Å². The van der Waals surface area contributed by atoms with Gasteiger partial charge in [-0.05, 0) is 0 Å². The number of nitrogens with one attached hydrogen (secondary N) is 2. The standard InChI is InChI=1S/C24H28N2O6Se2/c1-31-23(29)19(25-21(27)13-17-9-5-3-6-10-17)15-33-34-16-20(24(30)32-2)26-22(28)14-18-11-7-4-8-12-18/h3-12,19-20H,13-16H2,1-2H3,(H,25,27)(H,26,28)/t19-,20-/m0/s1. The van der Waals surface area contributed by atoms with Crippen molar-refractivity contribution in [3.05, 3.63) is 71.8 Å². The van der Waals surface area contributed by atoms with E-state index < -0.39 is 24.0 Å². The number of amides is 2. The van der Waals surface area contributed by atoms with E-state index >= 15 is 0 Å². The van der Waals surface area contributed by atoms with Crippen LogP contribution < -0.4 is 10.6 Å². The molecule has 8 nitrogen and oxygen atoms in total. The summed E-state index contributed by atoms with van der Waals surface area (Å²) in [5.74, 6) is -1.52. The zero-order valence-electron chi connectivity index (χ0n) is 19.0. The molecular formula is C24H28N2O6Se2. The Kier molecular flexibility index (Phi) is 12.4. The first-order valence-electron chi connectivity index (χ1n) is 10.5. The van der Waals surface area contributed by atoms with Crippen LogP contribution in [0.1, 0.15) is 11.1 Å². The van der Waals surface area contributed by atoms with Crippen LogP contribution in [0, 0.1) is 0 Å². The van der Waals surface area contributed by atoms with Gasteiger partial charge >= 0.3 is 211 Å². The number of carbonyl (C=O) groups is 4. The number of hydrogen-bond acceptors (Lipinski definition) is 6. The number of rotatable bonds is 13. The summed E-state index contributed by atoms with van der Waals surface area (Å²) in [5, 5.41) is 6.37. The van der Waals surface area contributed by atoms with Crippen molar-refractivity contribution >= 4 is 50.0 Å². The molecular weight excluding hydrogens is 570 g/mol. The van der Waals surface area contributed by atoms with E-state index in [4.69, 9.17) is 9.47 Å². The average Bonchev–Trinajstić information content (AvgIpc) is 2.85. The number of methoxy groups -OCH3 is 2. The van der Waals surface area contributed by atoms with Crippen LogP contribution in [0.15, 0.2) is 60.7 Å². The molecule has 0 aliphatic heterocycles. The van der Waals surface area contributed by atoms with Gasteiger partial charge in [-0.15, -0.1) is 0 Å². The zero-order chi connectivity index (χ0) is 24.8. The predicted octanol–water partition coefficient (Wildman–Crippen LogP) is 0.947. The van der Waals surface area contributed by atoms with Gasteiger partial charge in [-0.1, -0.05) is 0 Å². The molecule has 10 heteroatoms. The van der Waals surface area contributed by atoms with Gasteiger partial charge in [-0.2, -0.15) is 0 Å². The Morgan fingerprint density at radius 2 is 1.03 bits per heavy atom. The number of carbonyl (C=O) groups excluding carboxylic acids is 4. The molecule has 0 fully saturated rings. The van der Waals surface area contributed by atoms with Crippen LogP contribution in [0.5, 0.6) is 0 Å². The van der Waals surface area contributed by atoms with E-state index in [2.05, 4.69) is 10.6 Å². The summed E-state index contributed by atoms with van der Waals surface area (Å²) in [6.07, 6.45) is 0.342. The van der Waals surface area contributed by atoms with E-state index in [0.29, 0.717) is 10.6 Å². The fourth-order valence-electron chi connectivity index (χ4n) is 2.91.